The van der Waals surface area contributed by atoms with Crippen LogP contribution in [0.4, 0.5) is 0 Å². The maximum Gasteiger partial charge on any atom is 0.324 e. The van der Waals surface area contributed by atoms with Crippen molar-refractivity contribution in [2.45, 2.75) is 45.7 Å². The fourth-order valence-corrected chi connectivity index (χ4v) is 2.53. The molecular weight excluding hydrogens is 252 g/mol. The lowest BCUT2D eigenvalue weighted by molar-refractivity contribution is -0.145. The molecule has 4 nitrogen and oxygen atoms in total. The molecule has 2 N–H and O–H groups in total. The van der Waals surface area contributed by atoms with Gasteiger partial charge in [-0.05, 0) is 36.8 Å². The van der Waals surface area contributed by atoms with Gasteiger partial charge in [-0.1, -0.05) is 38.1 Å². The van der Waals surface area contributed by atoms with Crippen molar-refractivity contribution in [3.05, 3.63) is 35.4 Å². The van der Waals surface area contributed by atoms with E-state index in [1.807, 2.05) is 6.92 Å². The quantitative estimate of drug-likeness (QED) is 0.811. The van der Waals surface area contributed by atoms with Crippen LogP contribution in [0.15, 0.2) is 24.3 Å². The molecule has 1 aliphatic heterocycles. The number of nitrogens with one attached hydrogen (secondary N) is 2. The molecule has 0 spiro atoms. The summed E-state index contributed by atoms with van der Waals surface area (Å²) in [5.74, 6) is 0.485. The lowest BCUT2D eigenvalue weighted by Crippen LogP contribution is -2.37. The smallest absolute Gasteiger partial charge is 0.324 e. The largest absolute Gasteiger partial charge is 0.465 e. The molecule has 0 saturated carbocycles. The van der Waals surface area contributed by atoms with Crippen molar-refractivity contribution in [1.82, 2.24) is 10.9 Å². The molecule has 1 aromatic rings. The van der Waals surface area contributed by atoms with Crippen molar-refractivity contribution in [3.8, 4) is 0 Å². The average Bonchev–Trinajstić information content (AvgIpc) is 2.89. The molecule has 110 valence electrons. The molecule has 20 heavy (non-hydrogen) atoms. The Kier molecular flexibility index (Phi) is 5.15. The molecule has 0 radical (unpaired) electrons. The minimum atomic E-state index is -0.254. The van der Waals surface area contributed by atoms with Gasteiger partial charge in [-0.2, -0.15) is 0 Å². The highest BCUT2D eigenvalue weighted by Gasteiger charge is 2.30. The van der Waals surface area contributed by atoms with E-state index in [-0.39, 0.29) is 18.1 Å². The van der Waals surface area contributed by atoms with E-state index in [1.165, 1.54) is 11.1 Å². The predicted octanol–water partition coefficient (Wildman–Crippen LogP) is 2.36. The van der Waals surface area contributed by atoms with Crippen LogP contribution in [-0.2, 0) is 16.0 Å². The third-order valence-electron chi connectivity index (χ3n) is 3.50. The molecule has 0 aliphatic carbocycles. The molecule has 0 amide bonds. The number of carbonyl (C=O) groups excluding carboxylic acids is 1. The van der Waals surface area contributed by atoms with Crippen LogP contribution >= 0.6 is 0 Å². The molecule has 1 aliphatic rings. The molecule has 2 rings (SSSR count). The second-order valence-electron chi connectivity index (χ2n) is 5.72. The first-order valence-electron chi connectivity index (χ1n) is 7.36. The summed E-state index contributed by atoms with van der Waals surface area (Å²) in [7, 11) is 0. The lowest BCUT2D eigenvalue weighted by Gasteiger charge is -2.11. The Balaban J connectivity index is 1.94. The molecule has 2 unspecified atom stereocenters. The summed E-state index contributed by atoms with van der Waals surface area (Å²) in [6.45, 7) is 6.69. The van der Waals surface area contributed by atoms with Crippen LogP contribution in [0.3, 0.4) is 0 Å². The molecule has 2 atom stereocenters. The van der Waals surface area contributed by atoms with Crippen LogP contribution in [0.5, 0.6) is 0 Å². The molecule has 1 fully saturated rings. The van der Waals surface area contributed by atoms with Crippen molar-refractivity contribution < 1.29 is 9.53 Å². The second kappa shape index (κ2) is 6.86. The first-order valence-corrected chi connectivity index (χ1v) is 7.36. The van der Waals surface area contributed by atoms with Gasteiger partial charge in [0.1, 0.15) is 6.04 Å². The molecular formula is C16H24N2O2. The number of carbonyl (C=O) groups is 1. The van der Waals surface area contributed by atoms with Crippen molar-refractivity contribution in [1.29, 1.82) is 0 Å². The number of ether oxygens (including phenoxy) is 1. The Morgan fingerprint density at radius 3 is 2.60 bits per heavy atom. The zero-order chi connectivity index (χ0) is 14.5. The average molecular weight is 276 g/mol. The lowest BCUT2D eigenvalue weighted by atomic mass is 9.97. The van der Waals surface area contributed by atoms with Crippen LogP contribution in [0.2, 0.25) is 0 Å². The number of hydrazine groups is 1. The number of hydrogen-bond donors (Lipinski definition) is 2. The summed E-state index contributed by atoms with van der Waals surface area (Å²) in [6.07, 6.45) is 1.82. The number of rotatable bonds is 5. The summed E-state index contributed by atoms with van der Waals surface area (Å²) in [5.41, 5.74) is 8.75. The van der Waals surface area contributed by atoms with Crippen LogP contribution in [0.1, 0.15) is 44.4 Å². The van der Waals surface area contributed by atoms with Crippen LogP contribution in [0, 0.1) is 5.92 Å². The summed E-state index contributed by atoms with van der Waals surface area (Å²) < 4.78 is 5.03. The summed E-state index contributed by atoms with van der Waals surface area (Å²) in [5, 5.41) is 0. The van der Waals surface area contributed by atoms with Crippen LogP contribution in [0.25, 0.3) is 0 Å². The Morgan fingerprint density at radius 2 is 2.00 bits per heavy atom. The van der Waals surface area contributed by atoms with Crippen molar-refractivity contribution in [2.75, 3.05) is 6.61 Å². The highest BCUT2D eigenvalue weighted by Crippen LogP contribution is 2.23. The van der Waals surface area contributed by atoms with E-state index in [1.54, 1.807) is 0 Å². The van der Waals surface area contributed by atoms with E-state index >= 15 is 0 Å². The SMILES string of the molecule is CCOC(=O)C1CC(c2ccc(CC(C)C)cc2)NN1. The van der Waals surface area contributed by atoms with Gasteiger partial charge in [-0.25, -0.2) is 10.9 Å². The van der Waals surface area contributed by atoms with E-state index in [9.17, 15) is 4.79 Å². The highest BCUT2D eigenvalue weighted by atomic mass is 16.5. The Labute approximate surface area is 120 Å². The standard InChI is InChI=1S/C16H24N2O2/c1-4-20-16(19)15-10-14(17-18-15)13-7-5-12(6-8-13)9-11(2)3/h5-8,11,14-15,17-18H,4,9-10H2,1-3H3. The topological polar surface area (TPSA) is 50.4 Å². The van der Waals surface area contributed by atoms with Crippen LogP contribution in [-0.4, -0.2) is 18.6 Å². The third kappa shape index (κ3) is 3.81. The van der Waals surface area contributed by atoms with Gasteiger partial charge in [-0.15, -0.1) is 0 Å². The number of hydrogen-bond acceptors (Lipinski definition) is 4. The van der Waals surface area contributed by atoms with Gasteiger partial charge in [-0.3, -0.25) is 4.79 Å². The summed E-state index contributed by atoms with van der Waals surface area (Å²) in [4.78, 5) is 11.7. The Hall–Kier alpha value is -1.39. The Morgan fingerprint density at radius 1 is 1.30 bits per heavy atom. The predicted molar refractivity (Wildman–Crippen MR) is 79.0 cm³/mol. The fourth-order valence-electron chi connectivity index (χ4n) is 2.53. The minimum Gasteiger partial charge on any atom is -0.465 e. The second-order valence-corrected chi connectivity index (χ2v) is 5.72. The molecule has 4 heteroatoms. The van der Waals surface area contributed by atoms with Crippen molar-refractivity contribution >= 4 is 5.97 Å². The third-order valence-corrected chi connectivity index (χ3v) is 3.50. The highest BCUT2D eigenvalue weighted by molar-refractivity contribution is 5.76. The first-order chi connectivity index (χ1) is 9.60. The van der Waals surface area contributed by atoms with Crippen LogP contribution < -0.4 is 10.9 Å². The molecule has 1 heterocycles. The maximum atomic E-state index is 11.7. The zero-order valence-electron chi connectivity index (χ0n) is 12.5. The van der Waals surface area contributed by atoms with Gasteiger partial charge in [0.25, 0.3) is 0 Å². The van der Waals surface area contributed by atoms with E-state index < -0.39 is 0 Å². The van der Waals surface area contributed by atoms with Gasteiger partial charge < -0.3 is 4.74 Å². The fraction of sp³-hybridized carbons (Fsp3) is 0.562. The number of esters is 1. The van der Waals surface area contributed by atoms with Crippen molar-refractivity contribution in [2.24, 2.45) is 5.92 Å². The number of benzene rings is 1. The minimum absolute atomic E-state index is 0.164. The zero-order valence-corrected chi connectivity index (χ0v) is 12.5. The van der Waals surface area contributed by atoms with Gasteiger partial charge in [0.15, 0.2) is 0 Å². The Bertz CT molecular complexity index is 442. The molecule has 0 aromatic heterocycles. The molecule has 1 saturated heterocycles. The van der Waals surface area contributed by atoms with E-state index in [0.29, 0.717) is 12.5 Å². The van der Waals surface area contributed by atoms with E-state index in [2.05, 4.69) is 49.0 Å². The van der Waals surface area contributed by atoms with Gasteiger partial charge in [0.2, 0.25) is 0 Å². The van der Waals surface area contributed by atoms with Crippen molar-refractivity contribution in [3.63, 3.8) is 0 Å². The first kappa shape index (κ1) is 15.0. The van der Waals surface area contributed by atoms with E-state index in [0.717, 1.165) is 12.8 Å². The summed E-state index contributed by atoms with van der Waals surface area (Å²) >= 11 is 0. The maximum absolute atomic E-state index is 11.7. The van der Waals surface area contributed by atoms with Gasteiger partial charge >= 0.3 is 5.97 Å². The van der Waals surface area contributed by atoms with Gasteiger partial charge in [0.05, 0.1) is 6.61 Å². The van der Waals surface area contributed by atoms with E-state index in [4.69, 9.17) is 4.74 Å². The molecule has 1 aromatic carbocycles. The summed E-state index contributed by atoms with van der Waals surface area (Å²) in [6, 6.07) is 8.55. The normalized spacial score (nSPS) is 22.2. The monoisotopic (exact) mass is 276 g/mol. The molecule has 0 bridgehead atoms. The van der Waals surface area contributed by atoms with Gasteiger partial charge in [0, 0.05) is 6.04 Å².